The number of likely N-dealkylation sites (tertiary alicyclic amines) is 1. The van der Waals surface area contributed by atoms with Crippen molar-refractivity contribution in [3.8, 4) is 6.07 Å². The summed E-state index contributed by atoms with van der Waals surface area (Å²) in [6.45, 7) is 3.21. The second-order valence-corrected chi connectivity index (χ2v) is 5.54. The molecule has 1 aliphatic heterocycles. The van der Waals surface area contributed by atoms with Crippen molar-refractivity contribution >= 4 is 5.69 Å². The Morgan fingerprint density at radius 1 is 1.10 bits per heavy atom. The molecule has 1 atom stereocenters. The van der Waals surface area contributed by atoms with Crippen LogP contribution in [0.2, 0.25) is 0 Å². The van der Waals surface area contributed by atoms with Crippen molar-refractivity contribution in [3.63, 3.8) is 0 Å². The SMILES string of the molecule is N#Cc1ccc(N[C@@H]2CCN(Cc3ccccc3)C2)cc1. The third kappa shape index (κ3) is 3.62. The number of nitrogens with one attached hydrogen (secondary N) is 1. The van der Waals surface area contributed by atoms with Gasteiger partial charge in [-0.25, -0.2) is 0 Å². The Labute approximate surface area is 125 Å². The van der Waals surface area contributed by atoms with Gasteiger partial charge < -0.3 is 5.32 Å². The lowest BCUT2D eigenvalue weighted by atomic mass is 10.2. The van der Waals surface area contributed by atoms with Gasteiger partial charge in [-0.1, -0.05) is 30.3 Å². The summed E-state index contributed by atoms with van der Waals surface area (Å²) in [4.78, 5) is 2.48. The number of benzene rings is 2. The lowest BCUT2D eigenvalue weighted by Gasteiger charge is -2.17. The van der Waals surface area contributed by atoms with Crippen LogP contribution < -0.4 is 5.32 Å². The Morgan fingerprint density at radius 3 is 2.57 bits per heavy atom. The molecule has 3 heteroatoms. The van der Waals surface area contributed by atoms with E-state index >= 15 is 0 Å². The zero-order chi connectivity index (χ0) is 14.5. The van der Waals surface area contributed by atoms with Crippen molar-refractivity contribution in [2.75, 3.05) is 18.4 Å². The van der Waals surface area contributed by atoms with Crippen molar-refractivity contribution in [3.05, 3.63) is 65.7 Å². The zero-order valence-electron chi connectivity index (χ0n) is 12.0. The van der Waals surface area contributed by atoms with Crippen LogP contribution in [0.15, 0.2) is 54.6 Å². The quantitative estimate of drug-likeness (QED) is 0.932. The first-order chi connectivity index (χ1) is 10.3. The molecular formula is C18H19N3. The fourth-order valence-electron chi connectivity index (χ4n) is 2.81. The predicted octanol–water partition coefficient (Wildman–Crippen LogP) is 3.24. The van der Waals surface area contributed by atoms with Gasteiger partial charge in [0.2, 0.25) is 0 Å². The summed E-state index contributed by atoms with van der Waals surface area (Å²) in [5.41, 5.74) is 3.18. The van der Waals surface area contributed by atoms with Crippen molar-refractivity contribution in [2.45, 2.75) is 19.0 Å². The van der Waals surface area contributed by atoms with E-state index in [1.54, 1.807) is 0 Å². The van der Waals surface area contributed by atoms with Crippen molar-refractivity contribution in [1.82, 2.24) is 4.90 Å². The minimum absolute atomic E-state index is 0.488. The summed E-state index contributed by atoms with van der Waals surface area (Å²) in [7, 11) is 0. The molecule has 0 unspecified atom stereocenters. The Kier molecular flexibility index (Phi) is 4.18. The highest BCUT2D eigenvalue weighted by molar-refractivity contribution is 5.48. The van der Waals surface area contributed by atoms with Gasteiger partial charge in [0.15, 0.2) is 0 Å². The highest BCUT2D eigenvalue weighted by Gasteiger charge is 2.22. The number of anilines is 1. The molecule has 3 rings (SSSR count). The van der Waals surface area contributed by atoms with Gasteiger partial charge in [-0.3, -0.25) is 4.90 Å². The average Bonchev–Trinajstić information content (AvgIpc) is 2.96. The van der Waals surface area contributed by atoms with Crippen molar-refractivity contribution in [1.29, 1.82) is 5.26 Å². The second-order valence-electron chi connectivity index (χ2n) is 5.54. The van der Waals surface area contributed by atoms with Crippen LogP contribution in [0, 0.1) is 11.3 Å². The molecule has 106 valence electrons. The summed E-state index contributed by atoms with van der Waals surface area (Å²) < 4.78 is 0. The molecule has 1 N–H and O–H groups in total. The molecule has 1 aliphatic rings. The van der Waals surface area contributed by atoms with Crippen LogP contribution in [0.25, 0.3) is 0 Å². The summed E-state index contributed by atoms with van der Waals surface area (Å²) in [6, 6.07) is 20.9. The first-order valence-corrected chi connectivity index (χ1v) is 7.36. The Morgan fingerprint density at radius 2 is 1.86 bits per heavy atom. The van der Waals surface area contributed by atoms with E-state index in [-0.39, 0.29) is 0 Å². The maximum atomic E-state index is 8.81. The highest BCUT2D eigenvalue weighted by Crippen LogP contribution is 2.18. The average molecular weight is 277 g/mol. The first-order valence-electron chi connectivity index (χ1n) is 7.36. The van der Waals surface area contributed by atoms with E-state index in [4.69, 9.17) is 5.26 Å². The summed E-state index contributed by atoms with van der Waals surface area (Å²) in [5.74, 6) is 0. The van der Waals surface area contributed by atoms with Crippen LogP contribution in [0.3, 0.4) is 0 Å². The minimum Gasteiger partial charge on any atom is -0.381 e. The van der Waals surface area contributed by atoms with Crippen molar-refractivity contribution < 1.29 is 0 Å². The molecule has 0 saturated carbocycles. The van der Waals surface area contributed by atoms with E-state index in [0.29, 0.717) is 11.6 Å². The maximum Gasteiger partial charge on any atom is 0.0991 e. The summed E-state index contributed by atoms with van der Waals surface area (Å²) >= 11 is 0. The third-order valence-corrected chi connectivity index (χ3v) is 3.91. The molecule has 2 aromatic rings. The van der Waals surface area contributed by atoms with Crippen LogP contribution in [0.1, 0.15) is 17.5 Å². The first kappa shape index (κ1) is 13.7. The second kappa shape index (κ2) is 6.43. The van der Waals surface area contributed by atoms with Gasteiger partial charge in [0.25, 0.3) is 0 Å². The maximum absolute atomic E-state index is 8.81. The van der Waals surface area contributed by atoms with Crippen LogP contribution in [0.4, 0.5) is 5.69 Å². The molecular weight excluding hydrogens is 258 g/mol. The lowest BCUT2D eigenvalue weighted by Crippen LogP contribution is -2.25. The monoisotopic (exact) mass is 277 g/mol. The smallest absolute Gasteiger partial charge is 0.0991 e. The molecule has 0 bridgehead atoms. The van der Waals surface area contributed by atoms with E-state index in [0.717, 1.165) is 31.7 Å². The summed E-state index contributed by atoms with van der Waals surface area (Å²) in [5, 5.41) is 12.4. The molecule has 1 fully saturated rings. The molecule has 21 heavy (non-hydrogen) atoms. The van der Waals surface area contributed by atoms with Gasteiger partial charge in [-0.15, -0.1) is 0 Å². The van der Waals surface area contributed by atoms with E-state index in [9.17, 15) is 0 Å². The third-order valence-electron chi connectivity index (χ3n) is 3.91. The van der Waals surface area contributed by atoms with Gasteiger partial charge in [-0.2, -0.15) is 5.26 Å². The fraction of sp³-hybridized carbons (Fsp3) is 0.278. The van der Waals surface area contributed by atoms with Crippen LogP contribution in [0.5, 0.6) is 0 Å². The van der Waals surface area contributed by atoms with Crippen LogP contribution >= 0.6 is 0 Å². The lowest BCUT2D eigenvalue weighted by molar-refractivity contribution is 0.328. The molecule has 0 amide bonds. The van der Waals surface area contributed by atoms with E-state index in [2.05, 4.69) is 46.6 Å². The Bertz CT molecular complexity index is 613. The standard InChI is InChI=1S/C18H19N3/c19-12-15-6-8-17(9-7-15)20-18-10-11-21(14-18)13-16-4-2-1-3-5-16/h1-9,18,20H,10-11,13-14H2/t18-/m1/s1. The highest BCUT2D eigenvalue weighted by atomic mass is 15.2. The molecule has 3 nitrogen and oxygen atoms in total. The molecule has 0 spiro atoms. The number of hydrogen-bond donors (Lipinski definition) is 1. The summed E-state index contributed by atoms with van der Waals surface area (Å²) in [6.07, 6.45) is 1.16. The molecule has 1 heterocycles. The van der Waals surface area contributed by atoms with Crippen LogP contribution in [-0.4, -0.2) is 24.0 Å². The Hall–Kier alpha value is -2.31. The van der Waals surface area contributed by atoms with Gasteiger partial charge in [0.1, 0.15) is 0 Å². The molecule has 0 aliphatic carbocycles. The predicted molar refractivity (Wildman–Crippen MR) is 84.9 cm³/mol. The van der Waals surface area contributed by atoms with Gasteiger partial charge in [-0.05, 0) is 36.2 Å². The topological polar surface area (TPSA) is 39.1 Å². The van der Waals surface area contributed by atoms with Gasteiger partial charge in [0.05, 0.1) is 11.6 Å². The zero-order valence-corrected chi connectivity index (χ0v) is 12.0. The number of rotatable bonds is 4. The van der Waals surface area contributed by atoms with E-state index in [1.807, 2.05) is 24.3 Å². The fourth-order valence-corrected chi connectivity index (χ4v) is 2.81. The van der Waals surface area contributed by atoms with Gasteiger partial charge >= 0.3 is 0 Å². The van der Waals surface area contributed by atoms with Crippen molar-refractivity contribution in [2.24, 2.45) is 0 Å². The number of nitriles is 1. The molecule has 1 saturated heterocycles. The normalized spacial score (nSPS) is 18.3. The Balaban J connectivity index is 1.53. The van der Waals surface area contributed by atoms with E-state index < -0.39 is 0 Å². The van der Waals surface area contributed by atoms with Gasteiger partial charge in [0, 0.05) is 31.4 Å². The molecule has 0 aromatic heterocycles. The molecule has 0 radical (unpaired) electrons. The largest absolute Gasteiger partial charge is 0.381 e. The minimum atomic E-state index is 0.488. The number of nitrogens with zero attached hydrogens (tertiary/aromatic N) is 2. The number of hydrogen-bond acceptors (Lipinski definition) is 3. The van der Waals surface area contributed by atoms with E-state index in [1.165, 1.54) is 5.56 Å². The van der Waals surface area contributed by atoms with Crippen LogP contribution in [-0.2, 0) is 6.54 Å². The molecule has 2 aromatic carbocycles.